The van der Waals surface area contributed by atoms with Crippen molar-refractivity contribution in [1.29, 1.82) is 0 Å². The van der Waals surface area contributed by atoms with Gasteiger partial charge in [-0.3, -0.25) is 4.90 Å². The summed E-state index contributed by atoms with van der Waals surface area (Å²) < 4.78 is 0. The first-order valence-electron chi connectivity index (χ1n) is 5.27. The highest BCUT2D eigenvalue weighted by Gasteiger charge is 2.37. The van der Waals surface area contributed by atoms with Crippen molar-refractivity contribution in [3.05, 3.63) is 41.1 Å². The smallest absolute Gasteiger partial charge is 0.0318 e. The molecule has 0 unspecified atom stereocenters. The molecule has 0 aliphatic carbocycles. The lowest BCUT2D eigenvalue weighted by Crippen LogP contribution is -2.65. The number of hydroxylamine groups is 2. The number of likely N-dealkylation sites (N-methyl/N-ethyl adjacent to an activating group) is 1. The minimum atomic E-state index is -0.172. The van der Waals surface area contributed by atoms with Crippen molar-refractivity contribution >= 4 is 0 Å². The van der Waals surface area contributed by atoms with Crippen molar-refractivity contribution in [2.45, 2.75) is 19.0 Å². The number of likely N-dealkylation sites (tertiary alicyclic amines) is 1. The van der Waals surface area contributed by atoms with Crippen molar-refractivity contribution in [2.24, 2.45) is 0 Å². The van der Waals surface area contributed by atoms with E-state index in [1.807, 2.05) is 25.1 Å². The second-order valence-electron chi connectivity index (χ2n) is 4.63. The van der Waals surface area contributed by atoms with Crippen LogP contribution in [0.25, 0.3) is 0 Å². The molecule has 1 aromatic rings. The average Bonchev–Trinajstić information content (AvgIpc) is 2.16. The summed E-state index contributed by atoms with van der Waals surface area (Å²) in [5.74, 6) is 0. The first kappa shape index (κ1) is 10.6. The van der Waals surface area contributed by atoms with Gasteiger partial charge >= 0.3 is 0 Å². The highest BCUT2D eigenvalue weighted by molar-refractivity contribution is 5.15. The molecular formula is C12H17N2O-. The number of rotatable bonds is 3. The van der Waals surface area contributed by atoms with Crippen LogP contribution in [-0.2, 0) is 6.54 Å². The molecule has 1 aliphatic rings. The Morgan fingerprint density at radius 3 is 2.47 bits per heavy atom. The van der Waals surface area contributed by atoms with E-state index < -0.39 is 0 Å². The monoisotopic (exact) mass is 205 g/mol. The zero-order valence-corrected chi connectivity index (χ0v) is 9.31. The van der Waals surface area contributed by atoms with Crippen LogP contribution in [0.2, 0.25) is 0 Å². The third-order valence-electron chi connectivity index (χ3n) is 3.14. The summed E-state index contributed by atoms with van der Waals surface area (Å²) >= 11 is 0. The molecule has 2 rings (SSSR count). The van der Waals surface area contributed by atoms with E-state index in [0.717, 1.165) is 24.7 Å². The molecular weight excluding hydrogens is 188 g/mol. The number of nitrogens with zero attached hydrogens (tertiary/aromatic N) is 2. The van der Waals surface area contributed by atoms with E-state index in [1.54, 1.807) is 7.05 Å². The molecule has 3 heteroatoms. The van der Waals surface area contributed by atoms with E-state index >= 15 is 0 Å². The summed E-state index contributed by atoms with van der Waals surface area (Å²) in [4.78, 5) is 2.30. The fraction of sp³-hybridized carbons (Fsp3) is 0.500. The van der Waals surface area contributed by atoms with Crippen LogP contribution in [0.5, 0.6) is 0 Å². The molecule has 0 amide bonds. The molecule has 1 aliphatic heterocycles. The number of benzene rings is 1. The molecule has 0 radical (unpaired) electrons. The zero-order chi connectivity index (χ0) is 10.9. The van der Waals surface area contributed by atoms with Crippen molar-refractivity contribution in [3.63, 3.8) is 0 Å². The topological polar surface area (TPSA) is 29.5 Å². The van der Waals surface area contributed by atoms with Gasteiger partial charge in [-0.15, -0.1) is 0 Å². The summed E-state index contributed by atoms with van der Waals surface area (Å²) in [6, 6.07) is 10.4. The van der Waals surface area contributed by atoms with Crippen LogP contribution in [0.15, 0.2) is 30.3 Å². The lowest BCUT2D eigenvalue weighted by molar-refractivity contribution is -0.0103. The first-order chi connectivity index (χ1) is 7.10. The van der Waals surface area contributed by atoms with Crippen molar-refractivity contribution in [3.8, 4) is 0 Å². The van der Waals surface area contributed by atoms with Gasteiger partial charge in [-0.2, -0.15) is 0 Å². The van der Waals surface area contributed by atoms with Gasteiger partial charge in [0, 0.05) is 25.2 Å². The van der Waals surface area contributed by atoms with Crippen LogP contribution >= 0.6 is 0 Å². The van der Waals surface area contributed by atoms with Crippen LogP contribution in [0.1, 0.15) is 12.5 Å². The molecule has 0 saturated carbocycles. The summed E-state index contributed by atoms with van der Waals surface area (Å²) in [6.07, 6.45) is 0. The van der Waals surface area contributed by atoms with Crippen LogP contribution in [0.4, 0.5) is 0 Å². The minimum absolute atomic E-state index is 0.172. The SMILES string of the molecule is CN([O-])C1(C)CN(Cc2ccccc2)C1. The third-order valence-corrected chi connectivity index (χ3v) is 3.14. The maximum atomic E-state index is 11.2. The molecule has 0 atom stereocenters. The summed E-state index contributed by atoms with van der Waals surface area (Å²) in [6.45, 7) is 4.69. The van der Waals surface area contributed by atoms with Crippen molar-refractivity contribution < 1.29 is 0 Å². The van der Waals surface area contributed by atoms with Gasteiger partial charge in [0.15, 0.2) is 0 Å². The van der Waals surface area contributed by atoms with Gasteiger partial charge in [0.05, 0.1) is 0 Å². The normalized spacial score (nSPS) is 20.3. The zero-order valence-electron chi connectivity index (χ0n) is 9.31. The van der Waals surface area contributed by atoms with E-state index in [4.69, 9.17) is 0 Å². The number of hydrogen-bond acceptors (Lipinski definition) is 3. The standard InChI is InChI=1S/C12H17N2O/c1-12(13(2)15)9-14(10-12)8-11-6-4-3-5-7-11/h3-7H,8-10H2,1-2H3/q-1. The number of hydrogen-bond donors (Lipinski definition) is 0. The van der Waals surface area contributed by atoms with Gasteiger partial charge in [-0.05, 0) is 19.5 Å². The van der Waals surface area contributed by atoms with Crippen LogP contribution in [0.3, 0.4) is 0 Å². The fourth-order valence-electron chi connectivity index (χ4n) is 2.07. The highest BCUT2D eigenvalue weighted by atomic mass is 16.5. The van der Waals surface area contributed by atoms with Gasteiger partial charge < -0.3 is 10.3 Å². The van der Waals surface area contributed by atoms with E-state index in [-0.39, 0.29) is 5.54 Å². The molecule has 82 valence electrons. The molecule has 0 aromatic heterocycles. The quantitative estimate of drug-likeness (QED) is 0.703. The Labute approximate surface area is 90.9 Å². The molecule has 0 spiro atoms. The molecule has 15 heavy (non-hydrogen) atoms. The van der Waals surface area contributed by atoms with Crippen molar-refractivity contribution in [1.82, 2.24) is 9.96 Å². The second kappa shape index (κ2) is 3.93. The first-order valence-corrected chi connectivity index (χ1v) is 5.27. The molecule has 3 nitrogen and oxygen atoms in total. The van der Waals surface area contributed by atoms with Gasteiger partial charge in [-0.25, -0.2) is 0 Å². The van der Waals surface area contributed by atoms with Gasteiger partial charge in [0.2, 0.25) is 0 Å². The Morgan fingerprint density at radius 1 is 1.33 bits per heavy atom. The van der Waals surface area contributed by atoms with Crippen LogP contribution in [0, 0.1) is 5.21 Å². The predicted molar refractivity (Wildman–Crippen MR) is 61.3 cm³/mol. The van der Waals surface area contributed by atoms with E-state index in [1.165, 1.54) is 5.56 Å². The Balaban J connectivity index is 1.86. The molecule has 0 N–H and O–H groups in total. The highest BCUT2D eigenvalue weighted by Crippen LogP contribution is 2.26. The molecule has 1 saturated heterocycles. The average molecular weight is 205 g/mol. The third kappa shape index (κ3) is 2.20. The van der Waals surface area contributed by atoms with Gasteiger partial charge in [0.1, 0.15) is 0 Å². The lowest BCUT2D eigenvalue weighted by atomic mass is 9.91. The van der Waals surface area contributed by atoms with Gasteiger partial charge in [0.25, 0.3) is 0 Å². The fourth-order valence-corrected chi connectivity index (χ4v) is 2.07. The van der Waals surface area contributed by atoms with E-state index in [0.29, 0.717) is 0 Å². The predicted octanol–water partition coefficient (Wildman–Crippen LogP) is 1.69. The largest absolute Gasteiger partial charge is 0.785 e. The second-order valence-corrected chi connectivity index (χ2v) is 4.63. The molecule has 1 heterocycles. The van der Waals surface area contributed by atoms with Gasteiger partial charge in [-0.1, -0.05) is 30.3 Å². The van der Waals surface area contributed by atoms with Crippen LogP contribution < -0.4 is 0 Å². The Bertz CT molecular complexity index is 318. The Morgan fingerprint density at radius 2 is 1.93 bits per heavy atom. The molecule has 1 fully saturated rings. The molecule has 1 aromatic carbocycles. The Kier molecular flexibility index (Phi) is 2.78. The Hall–Kier alpha value is -0.900. The summed E-state index contributed by atoms with van der Waals surface area (Å²) in [5.41, 5.74) is 1.14. The lowest BCUT2D eigenvalue weighted by Gasteiger charge is -2.56. The maximum absolute atomic E-state index is 11.2. The van der Waals surface area contributed by atoms with E-state index in [2.05, 4.69) is 17.0 Å². The minimum Gasteiger partial charge on any atom is -0.785 e. The summed E-state index contributed by atoms with van der Waals surface area (Å²) in [7, 11) is 1.61. The van der Waals surface area contributed by atoms with Crippen molar-refractivity contribution in [2.75, 3.05) is 20.1 Å². The maximum Gasteiger partial charge on any atom is 0.0318 e. The molecule has 0 bridgehead atoms. The van der Waals surface area contributed by atoms with E-state index in [9.17, 15) is 5.21 Å². The summed E-state index contributed by atoms with van der Waals surface area (Å²) in [5, 5.41) is 12.3. The van der Waals surface area contributed by atoms with Crippen LogP contribution in [-0.4, -0.2) is 35.6 Å².